The van der Waals surface area contributed by atoms with Crippen molar-refractivity contribution in [1.29, 1.82) is 0 Å². The summed E-state index contributed by atoms with van der Waals surface area (Å²) >= 11 is 0. The minimum absolute atomic E-state index is 0.607. The molecule has 1 unspecified atom stereocenters. The van der Waals surface area contributed by atoms with Crippen LogP contribution in [0, 0.1) is 19.8 Å². The number of anilines is 1. The molecule has 0 aliphatic carbocycles. The number of hydrogen-bond donors (Lipinski definition) is 1. The molecule has 1 aromatic heterocycles. The Balaban J connectivity index is 1.89. The maximum atomic E-state index is 4.55. The zero-order valence-electron chi connectivity index (χ0n) is 13.2. The average Bonchev–Trinajstić information content (AvgIpc) is 2.48. The third kappa shape index (κ3) is 3.66. The zero-order valence-corrected chi connectivity index (χ0v) is 13.2. The number of nitrogens with zero attached hydrogens (tertiary/aromatic N) is 4. The Morgan fingerprint density at radius 3 is 2.50 bits per heavy atom. The summed E-state index contributed by atoms with van der Waals surface area (Å²) in [6.45, 7) is 11.7. The first-order valence-electron chi connectivity index (χ1n) is 7.78. The molecule has 5 heteroatoms. The fourth-order valence-corrected chi connectivity index (χ4v) is 2.72. The molecule has 1 fully saturated rings. The van der Waals surface area contributed by atoms with Crippen LogP contribution in [0.2, 0.25) is 0 Å². The van der Waals surface area contributed by atoms with Gasteiger partial charge in [-0.1, -0.05) is 6.92 Å². The highest BCUT2D eigenvalue weighted by Gasteiger charge is 2.25. The van der Waals surface area contributed by atoms with Gasteiger partial charge < -0.3 is 10.2 Å². The lowest BCUT2D eigenvalue weighted by Gasteiger charge is -2.35. The van der Waals surface area contributed by atoms with Crippen molar-refractivity contribution >= 4 is 5.95 Å². The van der Waals surface area contributed by atoms with E-state index in [9.17, 15) is 0 Å². The van der Waals surface area contributed by atoms with E-state index in [1.807, 2.05) is 13.8 Å². The summed E-state index contributed by atoms with van der Waals surface area (Å²) < 4.78 is 0. The lowest BCUT2D eigenvalue weighted by Crippen LogP contribution is -2.42. The second-order valence-electron chi connectivity index (χ2n) is 5.85. The molecular weight excluding hydrogens is 250 g/mol. The van der Waals surface area contributed by atoms with Crippen LogP contribution in [0.15, 0.2) is 0 Å². The largest absolute Gasteiger partial charge is 0.340 e. The molecule has 1 aliphatic heterocycles. The quantitative estimate of drug-likeness (QED) is 0.893. The Bertz CT molecular complexity index is 426. The number of aromatic nitrogens is 3. The van der Waals surface area contributed by atoms with E-state index in [4.69, 9.17) is 0 Å². The third-order valence-corrected chi connectivity index (χ3v) is 4.33. The van der Waals surface area contributed by atoms with Crippen molar-refractivity contribution in [3.05, 3.63) is 11.4 Å². The van der Waals surface area contributed by atoms with Crippen molar-refractivity contribution in [1.82, 2.24) is 20.5 Å². The maximum Gasteiger partial charge on any atom is 0.245 e. The summed E-state index contributed by atoms with van der Waals surface area (Å²) in [5.74, 6) is 1.55. The van der Waals surface area contributed by atoms with Gasteiger partial charge in [0.2, 0.25) is 5.95 Å². The molecule has 0 radical (unpaired) electrons. The standard InChI is InChI=1S/C15H27N5/c1-5-8-16-13(4)14-6-9-20(10-7-14)15-17-11(2)12(3)18-19-15/h13-14,16H,5-10H2,1-4H3. The van der Waals surface area contributed by atoms with Gasteiger partial charge in [-0.05, 0) is 52.5 Å². The van der Waals surface area contributed by atoms with Crippen molar-refractivity contribution in [2.75, 3.05) is 24.5 Å². The summed E-state index contributed by atoms with van der Waals surface area (Å²) in [5.41, 5.74) is 1.90. The van der Waals surface area contributed by atoms with E-state index >= 15 is 0 Å². The Kier molecular flexibility index (Phi) is 5.29. The Morgan fingerprint density at radius 1 is 1.20 bits per heavy atom. The SMILES string of the molecule is CCCNC(C)C1CCN(c2nnc(C)c(C)n2)CC1. The van der Waals surface area contributed by atoms with E-state index in [1.54, 1.807) is 0 Å². The van der Waals surface area contributed by atoms with Crippen LogP contribution in [-0.2, 0) is 0 Å². The highest BCUT2D eigenvalue weighted by atomic mass is 15.3. The van der Waals surface area contributed by atoms with Crippen LogP contribution in [0.3, 0.4) is 0 Å². The molecule has 1 aromatic rings. The predicted octanol–water partition coefficient (Wildman–Crippen LogP) is 2.09. The highest BCUT2D eigenvalue weighted by molar-refractivity contribution is 5.30. The molecule has 0 saturated carbocycles. The summed E-state index contributed by atoms with van der Waals surface area (Å²) in [6, 6.07) is 0.607. The van der Waals surface area contributed by atoms with E-state index in [1.165, 1.54) is 19.3 Å². The number of hydrogen-bond acceptors (Lipinski definition) is 5. The summed E-state index contributed by atoms with van der Waals surface area (Å²) in [6.07, 6.45) is 3.60. The van der Waals surface area contributed by atoms with Gasteiger partial charge in [0.1, 0.15) is 0 Å². The van der Waals surface area contributed by atoms with Gasteiger partial charge in [0.25, 0.3) is 0 Å². The van der Waals surface area contributed by atoms with Gasteiger partial charge in [-0.15, -0.1) is 5.10 Å². The first-order chi connectivity index (χ1) is 9.61. The maximum absolute atomic E-state index is 4.55. The van der Waals surface area contributed by atoms with Gasteiger partial charge in [0.15, 0.2) is 0 Å². The Labute approximate surface area is 122 Å². The molecule has 1 atom stereocenters. The second-order valence-corrected chi connectivity index (χ2v) is 5.85. The smallest absolute Gasteiger partial charge is 0.245 e. The second kappa shape index (κ2) is 6.97. The van der Waals surface area contributed by atoms with Crippen LogP contribution < -0.4 is 10.2 Å². The topological polar surface area (TPSA) is 53.9 Å². The Hall–Kier alpha value is -1.23. The lowest BCUT2D eigenvalue weighted by atomic mass is 9.90. The van der Waals surface area contributed by atoms with Crippen molar-refractivity contribution < 1.29 is 0 Å². The van der Waals surface area contributed by atoms with E-state index < -0.39 is 0 Å². The lowest BCUT2D eigenvalue weighted by molar-refractivity contribution is 0.310. The molecule has 0 amide bonds. The van der Waals surface area contributed by atoms with Crippen LogP contribution in [0.1, 0.15) is 44.5 Å². The number of nitrogens with one attached hydrogen (secondary N) is 1. The van der Waals surface area contributed by atoms with E-state index in [0.717, 1.165) is 42.9 Å². The number of rotatable bonds is 5. The van der Waals surface area contributed by atoms with Gasteiger partial charge in [-0.2, -0.15) is 5.10 Å². The Morgan fingerprint density at radius 2 is 1.90 bits per heavy atom. The van der Waals surface area contributed by atoms with Gasteiger partial charge in [0.05, 0.1) is 11.4 Å². The van der Waals surface area contributed by atoms with Gasteiger partial charge in [-0.25, -0.2) is 4.98 Å². The van der Waals surface area contributed by atoms with E-state index in [-0.39, 0.29) is 0 Å². The molecule has 0 spiro atoms. The molecule has 0 bridgehead atoms. The molecule has 1 N–H and O–H groups in total. The zero-order chi connectivity index (χ0) is 14.5. The summed E-state index contributed by atoms with van der Waals surface area (Å²) in [7, 11) is 0. The predicted molar refractivity (Wildman–Crippen MR) is 82.0 cm³/mol. The first kappa shape index (κ1) is 15.2. The minimum Gasteiger partial charge on any atom is -0.340 e. The first-order valence-corrected chi connectivity index (χ1v) is 7.78. The normalized spacial score (nSPS) is 18.3. The van der Waals surface area contributed by atoms with Gasteiger partial charge >= 0.3 is 0 Å². The molecule has 2 rings (SSSR count). The van der Waals surface area contributed by atoms with Crippen LogP contribution in [-0.4, -0.2) is 40.9 Å². The van der Waals surface area contributed by atoms with Crippen LogP contribution in [0.5, 0.6) is 0 Å². The fourth-order valence-electron chi connectivity index (χ4n) is 2.72. The summed E-state index contributed by atoms with van der Waals surface area (Å²) in [4.78, 5) is 6.82. The van der Waals surface area contributed by atoms with Crippen molar-refractivity contribution in [2.45, 2.75) is 53.0 Å². The molecule has 5 nitrogen and oxygen atoms in total. The van der Waals surface area contributed by atoms with E-state index in [2.05, 4.69) is 39.2 Å². The molecular formula is C15H27N5. The highest BCUT2D eigenvalue weighted by Crippen LogP contribution is 2.23. The molecule has 112 valence electrons. The summed E-state index contributed by atoms with van der Waals surface area (Å²) in [5, 5.41) is 12.0. The monoisotopic (exact) mass is 277 g/mol. The fraction of sp³-hybridized carbons (Fsp3) is 0.800. The van der Waals surface area contributed by atoms with E-state index in [0.29, 0.717) is 6.04 Å². The van der Waals surface area contributed by atoms with Crippen molar-refractivity contribution in [3.63, 3.8) is 0 Å². The average molecular weight is 277 g/mol. The van der Waals surface area contributed by atoms with Crippen molar-refractivity contribution in [2.24, 2.45) is 5.92 Å². The molecule has 2 heterocycles. The molecule has 1 saturated heterocycles. The molecule has 1 aliphatic rings. The molecule has 0 aromatic carbocycles. The number of aryl methyl sites for hydroxylation is 2. The number of piperidine rings is 1. The minimum atomic E-state index is 0.607. The molecule has 20 heavy (non-hydrogen) atoms. The van der Waals surface area contributed by atoms with Crippen LogP contribution in [0.25, 0.3) is 0 Å². The third-order valence-electron chi connectivity index (χ3n) is 4.33. The van der Waals surface area contributed by atoms with Crippen molar-refractivity contribution in [3.8, 4) is 0 Å². The van der Waals surface area contributed by atoms with Gasteiger partial charge in [-0.3, -0.25) is 0 Å². The van der Waals surface area contributed by atoms with Crippen LogP contribution in [0.4, 0.5) is 5.95 Å². The van der Waals surface area contributed by atoms with Crippen LogP contribution >= 0.6 is 0 Å². The van der Waals surface area contributed by atoms with Gasteiger partial charge in [0, 0.05) is 19.1 Å².